The van der Waals surface area contributed by atoms with Gasteiger partial charge in [0.2, 0.25) is 15.9 Å². The summed E-state index contributed by atoms with van der Waals surface area (Å²) < 4.78 is 27.3. The lowest BCUT2D eigenvalue weighted by atomic mass is 9.67. The van der Waals surface area contributed by atoms with Crippen LogP contribution in [-0.2, 0) is 21.2 Å². The van der Waals surface area contributed by atoms with E-state index in [0.717, 1.165) is 50.0 Å². The third kappa shape index (κ3) is 3.39. The standard InChI is InChI=1S/C19H27N3O3S.ClH/c1-2-21-26(24,25)16-7-6-14-8-10-22(17(14)11-16)18(23)19-9-4-3-5-15(19)12-20-13-19;/h6-7,11,15,20-21H,2-5,8-10,12-13H2,1H3;1H/t15-,19+;/m0./s1. The summed E-state index contributed by atoms with van der Waals surface area (Å²) in [6.07, 6.45) is 5.12. The normalized spacial score (nSPS) is 27.0. The highest BCUT2D eigenvalue weighted by atomic mass is 35.5. The fourth-order valence-corrected chi connectivity index (χ4v) is 6.01. The summed E-state index contributed by atoms with van der Waals surface area (Å²) in [5, 5.41) is 3.43. The molecule has 1 amide bonds. The van der Waals surface area contributed by atoms with E-state index in [1.54, 1.807) is 19.1 Å². The highest BCUT2D eigenvalue weighted by molar-refractivity contribution is 7.89. The van der Waals surface area contributed by atoms with Crippen molar-refractivity contribution in [3.05, 3.63) is 23.8 Å². The molecule has 4 rings (SSSR count). The number of sulfonamides is 1. The Balaban J connectivity index is 0.00000210. The summed E-state index contributed by atoms with van der Waals surface area (Å²) in [6, 6.07) is 5.18. The molecule has 27 heavy (non-hydrogen) atoms. The fourth-order valence-electron chi connectivity index (χ4n) is 4.95. The molecule has 2 heterocycles. The van der Waals surface area contributed by atoms with Crippen LogP contribution in [0.4, 0.5) is 5.69 Å². The van der Waals surface area contributed by atoms with Crippen molar-refractivity contribution < 1.29 is 13.2 Å². The predicted octanol–water partition coefficient (Wildman–Crippen LogP) is 2.08. The van der Waals surface area contributed by atoms with E-state index in [1.807, 2.05) is 11.0 Å². The maximum Gasteiger partial charge on any atom is 0.240 e. The Bertz CT molecular complexity index is 829. The topological polar surface area (TPSA) is 78.5 Å². The zero-order chi connectivity index (χ0) is 18.4. The third-order valence-corrected chi connectivity index (χ3v) is 7.85. The maximum atomic E-state index is 13.6. The second kappa shape index (κ2) is 7.70. The molecule has 2 fully saturated rings. The molecule has 1 saturated carbocycles. The first-order chi connectivity index (χ1) is 12.5. The molecular weight excluding hydrogens is 386 g/mol. The average molecular weight is 414 g/mol. The van der Waals surface area contributed by atoms with Gasteiger partial charge in [-0.1, -0.05) is 25.8 Å². The maximum absolute atomic E-state index is 13.6. The molecule has 0 radical (unpaired) electrons. The Morgan fingerprint density at radius 1 is 1.37 bits per heavy atom. The van der Waals surface area contributed by atoms with E-state index in [9.17, 15) is 13.2 Å². The molecule has 2 N–H and O–H groups in total. The van der Waals surface area contributed by atoms with Crippen molar-refractivity contribution in [2.24, 2.45) is 11.3 Å². The van der Waals surface area contributed by atoms with Crippen molar-refractivity contribution in [2.45, 2.75) is 43.9 Å². The number of carbonyl (C=O) groups excluding carboxylic acids is 1. The molecule has 0 unspecified atom stereocenters. The molecule has 8 heteroatoms. The van der Waals surface area contributed by atoms with Crippen LogP contribution in [0.25, 0.3) is 0 Å². The molecule has 0 aromatic heterocycles. The summed E-state index contributed by atoms with van der Waals surface area (Å²) in [4.78, 5) is 15.7. The number of hydrogen-bond donors (Lipinski definition) is 2. The predicted molar refractivity (Wildman–Crippen MR) is 108 cm³/mol. The Labute approximate surface area is 167 Å². The number of hydrogen-bond acceptors (Lipinski definition) is 4. The van der Waals surface area contributed by atoms with Crippen LogP contribution in [0, 0.1) is 11.3 Å². The highest BCUT2D eigenvalue weighted by Crippen LogP contribution is 2.46. The molecule has 0 bridgehead atoms. The second-order valence-electron chi connectivity index (χ2n) is 7.73. The van der Waals surface area contributed by atoms with Crippen LogP contribution in [0.15, 0.2) is 23.1 Å². The van der Waals surface area contributed by atoms with Crippen molar-refractivity contribution >= 4 is 34.0 Å². The fraction of sp³-hybridized carbons (Fsp3) is 0.632. The Morgan fingerprint density at radius 3 is 2.96 bits per heavy atom. The molecule has 1 aromatic rings. The zero-order valence-corrected chi connectivity index (χ0v) is 17.3. The molecule has 6 nitrogen and oxygen atoms in total. The molecule has 1 saturated heterocycles. The van der Waals surface area contributed by atoms with Crippen molar-refractivity contribution in [1.29, 1.82) is 0 Å². The summed E-state index contributed by atoms with van der Waals surface area (Å²) in [7, 11) is -3.53. The lowest BCUT2D eigenvalue weighted by Gasteiger charge is -2.40. The van der Waals surface area contributed by atoms with Crippen molar-refractivity contribution in [3.8, 4) is 0 Å². The largest absolute Gasteiger partial charge is 0.315 e. The highest BCUT2D eigenvalue weighted by Gasteiger charge is 2.52. The van der Waals surface area contributed by atoms with Crippen LogP contribution in [0.3, 0.4) is 0 Å². The van der Waals surface area contributed by atoms with Gasteiger partial charge in [-0.25, -0.2) is 13.1 Å². The molecule has 3 aliphatic rings. The van der Waals surface area contributed by atoms with Gasteiger partial charge in [0, 0.05) is 25.3 Å². The van der Waals surface area contributed by atoms with Crippen LogP contribution >= 0.6 is 12.4 Å². The van der Waals surface area contributed by atoms with Gasteiger partial charge in [0.25, 0.3) is 0 Å². The van der Waals surface area contributed by atoms with Crippen molar-refractivity contribution in [3.63, 3.8) is 0 Å². The van der Waals surface area contributed by atoms with E-state index >= 15 is 0 Å². The third-order valence-electron chi connectivity index (χ3n) is 6.31. The minimum absolute atomic E-state index is 0. The first-order valence-corrected chi connectivity index (χ1v) is 11.1. The van der Waals surface area contributed by atoms with Crippen LogP contribution in [-0.4, -0.2) is 40.5 Å². The van der Waals surface area contributed by atoms with E-state index in [2.05, 4.69) is 10.0 Å². The first-order valence-electron chi connectivity index (χ1n) is 9.63. The zero-order valence-electron chi connectivity index (χ0n) is 15.7. The van der Waals surface area contributed by atoms with Gasteiger partial charge in [-0.05, 0) is 49.4 Å². The number of fused-ring (bicyclic) bond motifs is 2. The molecule has 0 spiro atoms. The first kappa shape index (κ1) is 20.6. The summed E-state index contributed by atoms with van der Waals surface area (Å²) in [6.45, 7) is 4.42. The minimum atomic E-state index is -3.53. The lowest BCUT2D eigenvalue weighted by Crippen LogP contribution is -2.49. The quantitative estimate of drug-likeness (QED) is 0.792. The number of anilines is 1. The van der Waals surface area contributed by atoms with Gasteiger partial charge < -0.3 is 10.2 Å². The number of amides is 1. The Kier molecular flexibility index (Phi) is 5.87. The number of halogens is 1. The molecule has 1 aliphatic carbocycles. The number of rotatable bonds is 4. The van der Waals surface area contributed by atoms with E-state index in [4.69, 9.17) is 0 Å². The van der Waals surface area contributed by atoms with Gasteiger partial charge in [0.15, 0.2) is 0 Å². The lowest BCUT2D eigenvalue weighted by molar-refractivity contribution is -0.131. The Morgan fingerprint density at radius 2 is 2.19 bits per heavy atom. The summed E-state index contributed by atoms with van der Waals surface area (Å²) in [5.74, 6) is 0.588. The average Bonchev–Trinajstić information content (AvgIpc) is 3.25. The van der Waals surface area contributed by atoms with Gasteiger partial charge >= 0.3 is 0 Å². The monoisotopic (exact) mass is 413 g/mol. The van der Waals surface area contributed by atoms with Gasteiger partial charge in [0.05, 0.1) is 10.3 Å². The van der Waals surface area contributed by atoms with Crippen LogP contribution in [0.2, 0.25) is 0 Å². The molecular formula is C19H28ClN3O3S. The summed E-state index contributed by atoms with van der Waals surface area (Å²) >= 11 is 0. The van der Waals surface area contributed by atoms with Crippen LogP contribution in [0.1, 0.15) is 38.2 Å². The van der Waals surface area contributed by atoms with Crippen molar-refractivity contribution in [1.82, 2.24) is 10.0 Å². The van der Waals surface area contributed by atoms with Gasteiger partial charge in [-0.15, -0.1) is 12.4 Å². The Hall–Kier alpha value is -1.15. The van der Waals surface area contributed by atoms with E-state index in [-0.39, 0.29) is 28.6 Å². The SMILES string of the molecule is CCNS(=O)(=O)c1ccc2c(c1)N(C(=O)[C@@]13CCCC[C@H]1CNC3)CC2.Cl. The minimum Gasteiger partial charge on any atom is -0.315 e. The summed E-state index contributed by atoms with van der Waals surface area (Å²) in [5.41, 5.74) is 1.53. The van der Waals surface area contributed by atoms with E-state index in [1.165, 1.54) is 6.42 Å². The molecule has 150 valence electrons. The van der Waals surface area contributed by atoms with E-state index in [0.29, 0.717) is 19.0 Å². The second-order valence-corrected chi connectivity index (χ2v) is 9.50. The van der Waals surface area contributed by atoms with Crippen molar-refractivity contribution in [2.75, 3.05) is 31.1 Å². The number of nitrogens with zero attached hydrogens (tertiary/aromatic N) is 1. The number of nitrogens with one attached hydrogen (secondary N) is 2. The number of benzene rings is 1. The number of carbonyl (C=O) groups is 1. The van der Waals surface area contributed by atoms with Crippen LogP contribution in [0.5, 0.6) is 0 Å². The molecule has 2 atom stereocenters. The van der Waals surface area contributed by atoms with Gasteiger partial charge in [-0.2, -0.15) is 0 Å². The van der Waals surface area contributed by atoms with Gasteiger partial charge in [-0.3, -0.25) is 4.79 Å². The van der Waals surface area contributed by atoms with Gasteiger partial charge in [0.1, 0.15) is 0 Å². The smallest absolute Gasteiger partial charge is 0.240 e. The van der Waals surface area contributed by atoms with Crippen LogP contribution < -0.4 is 14.9 Å². The van der Waals surface area contributed by atoms with E-state index < -0.39 is 10.0 Å². The molecule has 1 aromatic carbocycles. The molecule has 2 aliphatic heterocycles.